The van der Waals surface area contributed by atoms with E-state index in [-0.39, 0.29) is 0 Å². The molecule has 0 spiro atoms. The summed E-state index contributed by atoms with van der Waals surface area (Å²) in [4.78, 5) is 10.4. The number of carbonyl (C=O) groups is 1. The molecule has 66 valence electrons. The van der Waals surface area contributed by atoms with E-state index >= 15 is 0 Å². The minimum absolute atomic E-state index is 0.443. The zero-order chi connectivity index (χ0) is 8.97. The number of aliphatic carboxylic acids is 1. The zero-order valence-corrected chi connectivity index (χ0v) is 7.12. The van der Waals surface area contributed by atoms with Crippen LogP contribution in [0.15, 0.2) is 24.3 Å². The second kappa shape index (κ2) is 4.10. The average Bonchev–Trinajstić information content (AvgIpc) is 2.37. The molecule has 0 heterocycles. The summed E-state index contributed by atoms with van der Waals surface area (Å²) >= 11 is 0. The van der Waals surface area contributed by atoms with Crippen LogP contribution < -0.4 is 0 Å². The van der Waals surface area contributed by atoms with Gasteiger partial charge in [0.25, 0.3) is 0 Å². The number of carboxylic acids is 1. The van der Waals surface area contributed by atoms with Crippen LogP contribution in [-0.4, -0.2) is 11.1 Å². The zero-order valence-electron chi connectivity index (χ0n) is 7.12. The van der Waals surface area contributed by atoms with E-state index in [0.717, 1.165) is 31.3 Å². The molecule has 0 saturated heterocycles. The number of rotatable bonds is 3. The van der Waals surface area contributed by atoms with E-state index in [1.54, 1.807) is 0 Å². The van der Waals surface area contributed by atoms with Crippen molar-refractivity contribution in [3.63, 3.8) is 0 Å². The van der Waals surface area contributed by atoms with Crippen LogP contribution in [0.1, 0.15) is 25.7 Å². The highest BCUT2D eigenvalue weighted by Crippen LogP contribution is 2.33. The lowest BCUT2D eigenvalue weighted by molar-refractivity contribution is -0.131. The van der Waals surface area contributed by atoms with Crippen molar-refractivity contribution in [2.24, 2.45) is 5.92 Å². The maximum Gasteiger partial charge on any atom is 0.328 e. The van der Waals surface area contributed by atoms with E-state index in [4.69, 9.17) is 5.11 Å². The Bertz CT molecular complexity index is 216. The van der Waals surface area contributed by atoms with Gasteiger partial charge in [-0.15, -0.1) is 6.58 Å². The third-order valence-corrected chi connectivity index (χ3v) is 2.30. The second-order valence-corrected chi connectivity index (χ2v) is 3.17. The molecule has 1 saturated carbocycles. The van der Waals surface area contributed by atoms with Gasteiger partial charge in [-0.2, -0.15) is 0 Å². The van der Waals surface area contributed by atoms with E-state index in [0.29, 0.717) is 5.92 Å². The van der Waals surface area contributed by atoms with Gasteiger partial charge in [-0.1, -0.05) is 11.6 Å². The molecule has 0 bridgehead atoms. The van der Waals surface area contributed by atoms with Gasteiger partial charge in [-0.05, 0) is 31.6 Å². The first-order valence-electron chi connectivity index (χ1n) is 4.28. The maximum absolute atomic E-state index is 10.4. The minimum atomic E-state index is -0.819. The quantitative estimate of drug-likeness (QED) is 0.516. The monoisotopic (exact) mass is 166 g/mol. The summed E-state index contributed by atoms with van der Waals surface area (Å²) in [5, 5.41) is 8.56. The number of hydrogen-bond donors (Lipinski definition) is 1. The fourth-order valence-electron chi connectivity index (χ4n) is 1.76. The summed E-state index contributed by atoms with van der Waals surface area (Å²) < 4.78 is 0. The molecule has 1 fully saturated rings. The molecule has 0 amide bonds. The summed E-state index contributed by atoms with van der Waals surface area (Å²) in [6.45, 7) is 3.66. The Balaban J connectivity index is 2.62. The first-order chi connectivity index (χ1) is 5.74. The van der Waals surface area contributed by atoms with Crippen LogP contribution in [0.5, 0.6) is 0 Å². The molecule has 12 heavy (non-hydrogen) atoms. The highest BCUT2D eigenvalue weighted by molar-refractivity contribution is 5.80. The van der Waals surface area contributed by atoms with Crippen LogP contribution >= 0.6 is 0 Å². The van der Waals surface area contributed by atoms with E-state index in [1.807, 2.05) is 6.08 Å². The number of hydrogen-bond acceptors (Lipinski definition) is 1. The molecular weight excluding hydrogens is 152 g/mol. The summed E-state index contributed by atoms with van der Waals surface area (Å²) in [5.41, 5.74) is 1.09. The van der Waals surface area contributed by atoms with Gasteiger partial charge < -0.3 is 5.11 Å². The smallest absolute Gasteiger partial charge is 0.328 e. The van der Waals surface area contributed by atoms with Crippen molar-refractivity contribution in [1.82, 2.24) is 0 Å². The second-order valence-electron chi connectivity index (χ2n) is 3.17. The molecule has 2 nitrogen and oxygen atoms in total. The highest BCUT2D eigenvalue weighted by Gasteiger charge is 2.19. The van der Waals surface area contributed by atoms with Crippen molar-refractivity contribution in [2.45, 2.75) is 25.7 Å². The third kappa shape index (κ3) is 2.22. The predicted molar refractivity (Wildman–Crippen MR) is 47.9 cm³/mol. The number of carboxylic acid groups (broad SMARTS) is 1. The van der Waals surface area contributed by atoms with Gasteiger partial charge in [-0.3, -0.25) is 0 Å². The first-order valence-corrected chi connectivity index (χ1v) is 4.28. The lowest BCUT2D eigenvalue weighted by atomic mass is 9.99. The van der Waals surface area contributed by atoms with Gasteiger partial charge in [0.15, 0.2) is 0 Å². The fourth-order valence-corrected chi connectivity index (χ4v) is 1.76. The SMILES string of the molecule is C=CCC1CCCC1=CC(=O)O. The van der Waals surface area contributed by atoms with Crippen molar-refractivity contribution in [1.29, 1.82) is 0 Å². The predicted octanol–water partition coefficient (Wildman–Crippen LogP) is 2.37. The van der Waals surface area contributed by atoms with Crippen molar-refractivity contribution in [3.8, 4) is 0 Å². The number of allylic oxidation sites excluding steroid dienone is 2. The molecule has 1 aliphatic carbocycles. The van der Waals surface area contributed by atoms with Crippen molar-refractivity contribution in [3.05, 3.63) is 24.3 Å². The normalized spacial score (nSPS) is 26.0. The largest absolute Gasteiger partial charge is 0.478 e. The molecule has 0 aromatic rings. The summed E-state index contributed by atoms with van der Waals surface area (Å²) in [6, 6.07) is 0. The van der Waals surface area contributed by atoms with Crippen LogP contribution in [0.25, 0.3) is 0 Å². The standard InChI is InChI=1S/C10H14O2/c1-2-4-8-5-3-6-9(8)7-10(11)12/h2,7-8H,1,3-6H2,(H,11,12). The Morgan fingerprint density at radius 1 is 1.75 bits per heavy atom. The van der Waals surface area contributed by atoms with Gasteiger partial charge in [-0.25, -0.2) is 4.79 Å². The molecule has 1 N–H and O–H groups in total. The van der Waals surface area contributed by atoms with E-state index in [9.17, 15) is 4.79 Å². The molecule has 1 atom stereocenters. The molecular formula is C10H14O2. The summed E-state index contributed by atoms with van der Waals surface area (Å²) in [6.07, 6.45) is 7.33. The Morgan fingerprint density at radius 3 is 3.08 bits per heavy atom. The first kappa shape index (κ1) is 9.04. The molecule has 0 aromatic carbocycles. The van der Waals surface area contributed by atoms with Crippen LogP contribution in [0.4, 0.5) is 0 Å². The lowest BCUT2D eigenvalue weighted by Crippen LogP contribution is -1.98. The van der Waals surface area contributed by atoms with Crippen molar-refractivity contribution < 1.29 is 9.90 Å². The van der Waals surface area contributed by atoms with Crippen LogP contribution in [-0.2, 0) is 4.79 Å². The highest BCUT2D eigenvalue weighted by atomic mass is 16.4. The fraction of sp³-hybridized carbons (Fsp3) is 0.500. The van der Waals surface area contributed by atoms with Crippen molar-refractivity contribution in [2.75, 3.05) is 0 Å². The van der Waals surface area contributed by atoms with Crippen molar-refractivity contribution >= 4 is 5.97 Å². The van der Waals surface area contributed by atoms with Crippen LogP contribution in [0, 0.1) is 5.92 Å². The maximum atomic E-state index is 10.4. The van der Waals surface area contributed by atoms with Gasteiger partial charge in [0.05, 0.1) is 0 Å². The third-order valence-electron chi connectivity index (χ3n) is 2.30. The average molecular weight is 166 g/mol. The molecule has 1 aliphatic rings. The Hall–Kier alpha value is -1.05. The van der Waals surface area contributed by atoms with Gasteiger partial charge in [0.1, 0.15) is 0 Å². The lowest BCUT2D eigenvalue weighted by Gasteiger charge is -2.06. The molecule has 1 rings (SSSR count). The van der Waals surface area contributed by atoms with Crippen LogP contribution in [0.2, 0.25) is 0 Å². The Labute approximate surface area is 72.6 Å². The topological polar surface area (TPSA) is 37.3 Å². The molecule has 1 unspecified atom stereocenters. The van der Waals surface area contributed by atoms with E-state index in [2.05, 4.69) is 6.58 Å². The Morgan fingerprint density at radius 2 is 2.50 bits per heavy atom. The Kier molecular flexibility index (Phi) is 3.09. The molecule has 0 aromatic heterocycles. The molecule has 2 heteroatoms. The van der Waals surface area contributed by atoms with Crippen LogP contribution in [0.3, 0.4) is 0 Å². The summed E-state index contributed by atoms with van der Waals surface area (Å²) in [7, 11) is 0. The molecule has 0 radical (unpaired) electrons. The van der Waals surface area contributed by atoms with Gasteiger partial charge in [0.2, 0.25) is 0 Å². The summed E-state index contributed by atoms with van der Waals surface area (Å²) in [5.74, 6) is -0.375. The van der Waals surface area contributed by atoms with E-state index < -0.39 is 5.97 Å². The molecule has 0 aliphatic heterocycles. The minimum Gasteiger partial charge on any atom is -0.478 e. The van der Waals surface area contributed by atoms with Gasteiger partial charge in [0, 0.05) is 6.08 Å². The van der Waals surface area contributed by atoms with Gasteiger partial charge >= 0.3 is 5.97 Å². The van der Waals surface area contributed by atoms with E-state index in [1.165, 1.54) is 6.08 Å².